The summed E-state index contributed by atoms with van der Waals surface area (Å²) in [5.74, 6) is -0.755. The van der Waals surface area contributed by atoms with Gasteiger partial charge in [0.05, 0.1) is 12.7 Å². The van der Waals surface area contributed by atoms with Gasteiger partial charge in [0.1, 0.15) is 0 Å². The summed E-state index contributed by atoms with van der Waals surface area (Å²) in [4.78, 5) is 12.7. The zero-order chi connectivity index (χ0) is 11.5. The molecule has 2 rings (SSSR count). The van der Waals surface area contributed by atoms with Crippen molar-refractivity contribution in [1.29, 1.82) is 0 Å². The first-order valence-electron chi connectivity index (χ1n) is 5.69. The fourth-order valence-electron chi connectivity index (χ4n) is 2.29. The Hall–Kier alpha value is -1.36. The molecule has 0 bridgehead atoms. The molecule has 0 unspecified atom stereocenters. The van der Waals surface area contributed by atoms with Gasteiger partial charge in [0.15, 0.2) is 0 Å². The van der Waals surface area contributed by atoms with Crippen LogP contribution in [-0.4, -0.2) is 38.8 Å². The van der Waals surface area contributed by atoms with Gasteiger partial charge in [-0.2, -0.15) is 5.10 Å². The highest BCUT2D eigenvalue weighted by atomic mass is 16.4. The van der Waals surface area contributed by atoms with Crippen LogP contribution < -0.4 is 0 Å². The Morgan fingerprint density at radius 2 is 2.50 bits per heavy atom. The standard InChI is InChI=1S/C11H17N3O2/c1-2-14-7-9(6-12-14)10-4-3-5-13(10)8-11(15)16/h6-7,10H,2-5,8H2,1H3,(H,15,16)/t10-/m1/s1. The number of hydrogen-bond acceptors (Lipinski definition) is 3. The van der Waals surface area contributed by atoms with E-state index in [2.05, 4.69) is 5.10 Å². The van der Waals surface area contributed by atoms with Gasteiger partial charge >= 0.3 is 5.97 Å². The van der Waals surface area contributed by atoms with Gasteiger partial charge in [-0.05, 0) is 26.3 Å². The number of rotatable bonds is 4. The SMILES string of the molecule is CCn1cc([C@H]2CCCN2CC(=O)O)cn1. The molecular weight excluding hydrogens is 206 g/mol. The van der Waals surface area contributed by atoms with Crippen molar-refractivity contribution in [3.63, 3.8) is 0 Å². The maximum absolute atomic E-state index is 10.7. The van der Waals surface area contributed by atoms with Gasteiger partial charge in [0.2, 0.25) is 0 Å². The maximum atomic E-state index is 10.7. The molecule has 5 nitrogen and oxygen atoms in total. The summed E-state index contributed by atoms with van der Waals surface area (Å²) >= 11 is 0. The predicted molar refractivity (Wildman–Crippen MR) is 59.1 cm³/mol. The highest BCUT2D eigenvalue weighted by Crippen LogP contribution is 2.31. The molecule has 1 atom stereocenters. The van der Waals surface area contributed by atoms with E-state index in [0.717, 1.165) is 31.5 Å². The van der Waals surface area contributed by atoms with Crippen molar-refractivity contribution in [3.8, 4) is 0 Å². The lowest BCUT2D eigenvalue weighted by Gasteiger charge is -2.21. The molecule has 16 heavy (non-hydrogen) atoms. The molecule has 0 aliphatic carbocycles. The highest BCUT2D eigenvalue weighted by molar-refractivity contribution is 5.69. The van der Waals surface area contributed by atoms with E-state index < -0.39 is 5.97 Å². The lowest BCUT2D eigenvalue weighted by Crippen LogP contribution is -2.29. The number of likely N-dealkylation sites (tertiary alicyclic amines) is 1. The largest absolute Gasteiger partial charge is 0.480 e. The first-order valence-corrected chi connectivity index (χ1v) is 5.69. The fourth-order valence-corrected chi connectivity index (χ4v) is 2.29. The summed E-state index contributed by atoms with van der Waals surface area (Å²) in [6.45, 7) is 3.89. The minimum Gasteiger partial charge on any atom is -0.480 e. The van der Waals surface area contributed by atoms with Gasteiger partial charge in [0, 0.05) is 24.3 Å². The van der Waals surface area contributed by atoms with E-state index >= 15 is 0 Å². The number of aromatic nitrogens is 2. The number of aliphatic carboxylic acids is 1. The van der Waals surface area contributed by atoms with Crippen molar-refractivity contribution >= 4 is 5.97 Å². The molecule has 1 aliphatic heterocycles. The van der Waals surface area contributed by atoms with E-state index in [1.165, 1.54) is 0 Å². The summed E-state index contributed by atoms with van der Waals surface area (Å²) in [6, 6.07) is 0.233. The van der Waals surface area contributed by atoms with Crippen molar-refractivity contribution in [2.24, 2.45) is 0 Å². The number of nitrogens with zero attached hydrogens (tertiary/aromatic N) is 3. The van der Waals surface area contributed by atoms with Crippen LogP contribution in [0.5, 0.6) is 0 Å². The highest BCUT2D eigenvalue weighted by Gasteiger charge is 2.28. The normalized spacial score (nSPS) is 21.4. The van der Waals surface area contributed by atoms with Crippen molar-refractivity contribution in [3.05, 3.63) is 18.0 Å². The number of carboxylic acids is 1. The Kier molecular flexibility index (Phi) is 3.24. The Morgan fingerprint density at radius 3 is 3.12 bits per heavy atom. The maximum Gasteiger partial charge on any atom is 0.317 e. The van der Waals surface area contributed by atoms with Crippen molar-refractivity contribution in [2.75, 3.05) is 13.1 Å². The van der Waals surface area contributed by atoms with E-state index in [1.807, 2.05) is 28.9 Å². The number of carbonyl (C=O) groups is 1. The van der Waals surface area contributed by atoms with Crippen LogP contribution in [0.2, 0.25) is 0 Å². The minimum absolute atomic E-state index is 0.127. The van der Waals surface area contributed by atoms with Crippen molar-refractivity contribution in [2.45, 2.75) is 32.4 Å². The second-order valence-corrected chi connectivity index (χ2v) is 4.15. The molecule has 1 N–H and O–H groups in total. The van der Waals surface area contributed by atoms with E-state index in [-0.39, 0.29) is 12.6 Å². The predicted octanol–water partition coefficient (Wildman–Crippen LogP) is 1.12. The molecular formula is C11H17N3O2. The number of carboxylic acid groups (broad SMARTS) is 1. The smallest absolute Gasteiger partial charge is 0.317 e. The van der Waals surface area contributed by atoms with Crippen LogP contribution in [0, 0.1) is 0 Å². The quantitative estimate of drug-likeness (QED) is 0.831. The Labute approximate surface area is 94.7 Å². The molecule has 2 heterocycles. The van der Waals surface area contributed by atoms with Gasteiger partial charge < -0.3 is 5.11 Å². The Bertz CT molecular complexity index is 375. The molecule has 88 valence electrons. The van der Waals surface area contributed by atoms with Crippen LogP contribution in [0.15, 0.2) is 12.4 Å². The van der Waals surface area contributed by atoms with Crippen LogP contribution in [0.25, 0.3) is 0 Å². The first kappa shape index (κ1) is 11.1. The van der Waals surface area contributed by atoms with Crippen LogP contribution in [0.4, 0.5) is 0 Å². The van der Waals surface area contributed by atoms with Crippen molar-refractivity contribution < 1.29 is 9.90 Å². The molecule has 0 amide bonds. The molecule has 5 heteroatoms. The van der Waals surface area contributed by atoms with Gasteiger partial charge in [0.25, 0.3) is 0 Å². The Morgan fingerprint density at radius 1 is 1.69 bits per heavy atom. The third-order valence-corrected chi connectivity index (χ3v) is 3.06. The Balaban J connectivity index is 2.09. The molecule has 0 radical (unpaired) electrons. The van der Waals surface area contributed by atoms with Crippen LogP contribution in [0.3, 0.4) is 0 Å². The lowest BCUT2D eigenvalue weighted by atomic mass is 10.1. The van der Waals surface area contributed by atoms with Gasteiger partial charge in [-0.3, -0.25) is 14.4 Å². The van der Waals surface area contributed by atoms with Gasteiger partial charge in [-0.1, -0.05) is 0 Å². The van der Waals surface area contributed by atoms with Crippen LogP contribution >= 0.6 is 0 Å². The third kappa shape index (κ3) is 2.24. The number of aryl methyl sites for hydroxylation is 1. The molecule has 1 aliphatic rings. The molecule has 1 aromatic heterocycles. The summed E-state index contributed by atoms with van der Waals surface area (Å²) in [6.07, 6.45) is 5.97. The molecule has 0 spiro atoms. The van der Waals surface area contributed by atoms with Gasteiger partial charge in [-0.15, -0.1) is 0 Å². The molecule has 0 saturated carbocycles. The van der Waals surface area contributed by atoms with E-state index in [0.29, 0.717) is 0 Å². The third-order valence-electron chi connectivity index (χ3n) is 3.06. The zero-order valence-electron chi connectivity index (χ0n) is 9.46. The summed E-state index contributed by atoms with van der Waals surface area (Å²) < 4.78 is 1.88. The van der Waals surface area contributed by atoms with Crippen LogP contribution in [-0.2, 0) is 11.3 Å². The second-order valence-electron chi connectivity index (χ2n) is 4.15. The summed E-state index contributed by atoms with van der Waals surface area (Å²) in [5.41, 5.74) is 1.14. The lowest BCUT2D eigenvalue weighted by molar-refractivity contribution is -0.138. The fraction of sp³-hybridized carbons (Fsp3) is 0.636. The first-order chi connectivity index (χ1) is 7.70. The topological polar surface area (TPSA) is 58.4 Å². The summed E-state index contributed by atoms with van der Waals surface area (Å²) in [5, 5.41) is 13.1. The molecule has 1 fully saturated rings. The average Bonchev–Trinajstić information content (AvgIpc) is 2.84. The van der Waals surface area contributed by atoms with Crippen molar-refractivity contribution in [1.82, 2.24) is 14.7 Å². The van der Waals surface area contributed by atoms with E-state index in [9.17, 15) is 4.79 Å². The van der Waals surface area contributed by atoms with E-state index in [1.54, 1.807) is 0 Å². The van der Waals surface area contributed by atoms with Gasteiger partial charge in [-0.25, -0.2) is 0 Å². The molecule has 1 aromatic rings. The molecule has 0 aromatic carbocycles. The van der Waals surface area contributed by atoms with E-state index in [4.69, 9.17) is 5.11 Å². The minimum atomic E-state index is -0.755. The second kappa shape index (κ2) is 4.65. The zero-order valence-corrected chi connectivity index (χ0v) is 9.46. The number of hydrogen-bond donors (Lipinski definition) is 1. The monoisotopic (exact) mass is 223 g/mol. The average molecular weight is 223 g/mol. The summed E-state index contributed by atoms with van der Waals surface area (Å²) in [7, 11) is 0. The molecule has 1 saturated heterocycles. The van der Waals surface area contributed by atoms with Crippen LogP contribution in [0.1, 0.15) is 31.4 Å².